The Labute approximate surface area is 91.5 Å². The van der Waals surface area contributed by atoms with Crippen LogP contribution < -0.4 is 11.3 Å². The first kappa shape index (κ1) is 9.80. The predicted octanol–water partition coefficient (Wildman–Crippen LogP) is 2.28. The quantitative estimate of drug-likeness (QED) is 0.775. The van der Waals surface area contributed by atoms with E-state index in [-0.39, 0.29) is 5.56 Å². The van der Waals surface area contributed by atoms with Gasteiger partial charge >= 0.3 is 0 Å². The fourth-order valence-corrected chi connectivity index (χ4v) is 1.50. The molecule has 1 aromatic carbocycles. The SMILES string of the molecule is Nc1cc(-c2ccc(Cl)cc2)cc(=O)[nH]1. The number of hydrogen-bond acceptors (Lipinski definition) is 2. The van der Waals surface area contributed by atoms with Crippen molar-refractivity contribution in [1.29, 1.82) is 0 Å². The molecule has 0 aliphatic rings. The highest BCUT2D eigenvalue weighted by atomic mass is 35.5. The molecular formula is C11H9ClN2O. The van der Waals surface area contributed by atoms with E-state index in [0.717, 1.165) is 11.1 Å². The van der Waals surface area contributed by atoms with Crippen molar-refractivity contribution in [2.75, 3.05) is 5.73 Å². The summed E-state index contributed by atoms with van der Waals surface area (Å²) in [6.07, 6.45) is 0. The summed E-state index contributed by atoms with van der Waals surface area (Å²) in [5.41, 5.74) is 7.04. The van der Waals surface area contributed by atoms with E-state index in [2.05, 4.69) is 4.98 Å². The van der Waals surface area contributed by atoms with Crippen molar-refractivity contribution in [2.24, 2.45) is 0 Å². The van der Waals surface area contributed by atoms with Crippen LogP contribution in [0.5, 0.6) is 0 Å². The summed E-state index contributed by atoms with van der Waals surface area (Å²) in [7, 11) is 0. The van der Waals surface area contributed by atoms with Gasteiger partial charge in [0.05, 0.1) is 0 Å². The highest BCUT2D eigenvalue weighted by Crippen LogP contribution is 2.20. The lowest BCUT2D eigenvalue weighted by atomic mass is 10.1. The Morgan fingerprint density at radius 3 is 2.33 bits per heavy atom. The number of nitrogens with one attached hydrogen (secondary N) is 1. The molecule has 3 nitrogen and oxygen atoms in total. The predicted molar refractivity (Wildman–Crippen MR) is 61.9 cm³/mol. The number of anilines is 1. The average molecular weight is 221 g/mol. The van der Waals surface area contributed by atoms with Gasteiger partial charge in [0.2, 0.25) is 5.56 Å². The minimum atomic E-state index is -0.208. The average Bonchev–Trinajstić information content (AvgIpc) is 2.17. The van der Waals surface area contributed by atoms with Gasteiger partial charge in [0.1, 0.15) is 5.82 Å². The lowest BCUT2D eigenvalue weighted by Gasteiger charge is -2.02. The standard InChI is InChI=1S/C11H9ClN2O/c12-9-3-1-7(2-4-9)8-5-10(13)14-11(15)6-8/h1-6H,(H3,13,14,15). The second kappa shape index (κ2) is 3.79. The maximum atomic E-state index is 11.2. The molecule has 4 heteroatoms. The van der Waals surface area contributed by atoms with Gasteiger partial charge in [-0.05, 0) is 29.3 Å². The molecular weight excluding hydrogens is 212 g/mol. The first-order valence-electron chi connectivity index (χ1n) is 4.41. The summed E-state index contributed by atoms with van der Waals surface area (Å²) < 4.78 is 0. The topological polar surface area (TPSA) is 58.9 Å². The molecule has 0 aliphatic carbocycles. The van der Waals surface area contributed by atoms with Crippen LogP contribution in [-0.4, -0.2) is 4.98 Å². The number of benzene rings is 1. The van der Waals surface area contributed by atoms with Crippen LogP contribution in [0.3, 0.4) is 0 Å². The van der Waals surface area contributed by atoms with Gasteiger partial charge in [-0.25, -0.2) is 0 Å². The zero-order valence-electron chi connectivity index (χ0n) is 7.83. The molecule has 3 N–H and O–H groups in total. The highest BCUT2D eigenvalue weighted by molar-refractivity contribution is 6.30. The molecule has 2 rings (SSSR count). The molecule has 0 fully saturated rings. The van der Waals surface area contributed by atoms with Crippen LogP contribution in [0.2, 0.25) is 5.02 Å². The fourth-order valence-electron chi connectivity index (χ4n) is 1.37. The van der Waals surface area contributed by atoms with Gasteiger partial charge in [0.25, 0.3) is 0 Å². The van der Waals surface area contributed by atoms with E-state index in [1.54, 1.807) is 18.2 Å². The van der Waals surface area contributed by atoms with Gasteiger partial charge in [-0.1, -0.05) is 23.7 Å². The van der Waals surface area contributed by atoms with E-state index in [9.17, 15) is 4.79 Å². The zero-order chi connectivity index (χ0) is 10.8. The molecule has 15 heavy (non-hydrogen) atoms. The molecule has 0 amide bonds. The van der Waals surface area contributed by atoms with Crippen LogP contribution in [0.25, 0.3) is 11.1 Å². The van der Waals surface area contributed by atoms with E-state index in [1.807, 2.05) is 12.1 Å². The lowest BCUT2D eigenvalue weighted by molar-refractivity contribution is 1.25. The molecule has 0 aliphatic heterocycles. The summed E-state index contributed by atoms with van der Waals surface area (Å²) in [4.78, 5) is 13.7. The number of rotatable bonds is 1. The third-order valence-corrected chi connectivity index (χ3v) is 2.29. The number of nitrogen functional groups attached to an aromatic ring is 1. The number of halogens is 1. The third kappa shape index (κ3) is 2.19. The number of nitrogens with two attached hydrogens (primary N) is 1. The van der Waals surface area contributed by atoms with Crippen molar-refractivity contribution in [3.8, 4) is 11.1 Å². The van der Waals surface area contributed by atoms with E-state index < -0.39 is 0 Å². The van der Waals surface area contributed by atoms with Crippen molar-refractivity contribution >= 4 is 17.4 Å². The minimum Gasteiger partial charge on any atom is -0.385 e. The van der Waals surface area contributed by atoms with Crippen LogP contribution in [0.1, 0.15) is 0 Å². The maximum absolute atomic E-state index is 11.2. The number of pyridine rings is 1. The molecule has 2 aromatic rings. The third-order valence-electron chi connectivity index (χ3n) is 2.04. The number of aromatic nitrogens is 1. The summed E-state index contributed by atoms with van der Waals surface area (Å²) >= 11 is 5.77. The van der Waals surface area contributed by atoms with E-state index in [1.165, 1.54) is 6.07 Å². The summed E-state index contributed by atoms with van der Waals surface area (Å²) in [6.45, 7) is 0. The van der Waals surface area contributed by atoms with Gasteiger partial charge in [-0.3, -0.25) is 4.79 Å². The summed E-state index contributed by atoms with van der Waals surface area (Å²) in [6, 6.07) is 10.4. The van der Waals surface area contributed by atoms with Crippen molar-refractivity contribution in [3.05, 3.63) is 51.8 Å². The highest BCUT2D eigenvalue weighted by Gasteiger charge is 1.99. The molecule has 1 heterocycles. The molecule has 0 radical (unpaired) electrons. The van der Waals surface area contributed by atoms with Crippen molar-refractivity contribution < 1.29 is 0 Å². The van der Waals surface area contributed by atoms with Crippen molar-refractivity contribution in [1.82, 2.24) is 4.98 Å². The van der Waals surface area contributed by atoms with Gasteiger partial charge in [0, 0.05) is 11.1 Å². The Morgan fingerprint density at radius 2 is 1.73 bits per heavy atom. The first-order valence-corrected chi connectivity index (χ1v) is 4.79. The van der Waals surface area contributed by atoms with Gasteiger partial charge in [-0.2, -0.15) is 0 Å². The van der Waals surface area contributed by atoms with Crippen molar-refractivity contribution in [3.63, 3.8) is 0 Å². The monoisotopic (exact) mass is 220 g/mol. The number of hydrogen-bond donors (Lipinski definition) is 2. The number of aromatic amines is 1. The molecule has 0 unspecified atom stereocenters. The second-order valence-electron chi connectivity index (χ2n) is 3.20. The lowest BCUT2D eigenvalue weighted by Crippen LogP contribution is -2.07. The second-order valence-corrected chi connectivity index (χ2v) is 3.63. The molecule has 0 bridgehead atoms. The van der Waals surface area contributed by atoms with Crippen LogP contribution in [0, 0.1) is 0 Å². The molecule has 0 spiro atoms. The largest absolute Gasteiger partial charge is 0.385 e. The van der Waals surface area contributed by atoms with Gasteiger partial charge < -0.3 is 10.7 Å². The molecule has 0 saturated heterocycles. The van der Waals surface area contributed by atoms with E-state index >= 15 is 0 Å². The normalized spacial score (nSPS) is 10.2. The molecule has 76 valence electrons. The Hall–Kier alpha value is -1.74. The van der Waals surface area contributed by atoms with Crippen LogP contribution in [0.4, 0.5) is 5.82 Å². The minimum absolute atomic E-state index is 0.208. The smallest absolute Gasteiger partial charge is 0.250 e. The van der Waals surface area contributed by atoms with Gasteiger partial charge in [-0.15, -0.1) is 0 Å². The molecule has 0 saturated carbocycles. The summed E-state index contributed by atoms with van der Waals surface area (Å²) in [5.74, 6) is 0.354. The number of H-pyrrole nitrogens is 1. The van der Waals surface area contributed by atoms with E-state index in [0.29, 0.717) is 10.8 Å². The first-order chi connectivity index (χ1) is 7.15. The van der Waals surface area contributed by atoms with Crippen LogP contribution >= 0.6 is 11.6 Å². The molecule has 1 aromatic heterocycles. The fraction of sp³-hybridized carbons (Fsp3) is 0. The molecule has 0 atom stereocenters. The van der Waals surface area contributed by atoms with Crippen LogP contribution in [0.15, 0.2) is 41.2 Å². The Bertz CT molecular complexity index is 531. The Balaban J connectivity index is 2.54. The Morgan fingerprint density at radius 1 is 1.07 bits per heavy atom. The van der Waals surface area contributed by atoms with Crippen molar-refractivity contribution in [2.45, 2.75) is 0 Å². The summed E-state index contributed by atoms with van der Waals surface area (Å²) in [5, 5.41) is 0.663. The Kier molecular flexibility index (Phi) is 2.47. The maximum Gasteiger partial charge on any atom is 0.250 e. The zero-order valence-corrected chi connectivity index (χ0v) is 8.58. The van der Waals surface area contributed by atoms with Crippen LogP contribution in [-0.2, 0) is 0 Å². The van der Waals surface area contributed by atoms with E-state index in [4.69, 9.17) is 17.3 Å². The van der Waals surface area contributed by atoms with Gasteiger partial charge in [0.15, 0.2) is 0 Å².